The number of nitrogens with zero attached hydrogens (tertiary/aromatic N) is 1. The molecule has 4 N–H and O–H groups in total. The van der Waals surface area contributed by atoms with Gasteiger partial charge < -0.3 is 5.32 Å². The average Bonchev–Trinajstić information content (AvgIpc) is 2.94. The summed E-state index contributed by atoms with van der Waals surface area (Å²) in [5.74, 6) is 5.75. The van der Waals surface area contributed by atoms with E-state index in [1.165, 1.54) is 6.26 Å². The molecule has 0 saturated heterocycles. The van der Waals surface area contributed by atoms with Crippen LogP contribution in [0.5, 0.6) is 0 Å². The molecule has 1 saturated carbocycles. The van der Waals surface area contributed by atoms with Crippen LogP contribution in [0.4, 0.5) is 0 Å². The monoisotopic (exact) mass is 248 g/mol. The van der Waals surface area contributed by atoms with Gasteiger partial charge in [-0.3, -0.25) is 10.4 Å². The minimum atomic E-state index is -3.12. The fourth-order valence-corrected chi connectivity index (χ4v) is 1.24. The maximum atomic E-state index is 11.4. The normalized spacial score (nSPS) is 18.4. The molecule has 0 heterocycles. The van der Waals surface area contributed by atoms with Crippen molar-refractivity contribution in [2.75, 3.05) is 12.8 Å². The van der Waals surface area contributed by atoms with Crippen LogP contribution >= 0.6 is 0 Å². The Bertz CT molecular complexity index is 371. The van der Waals surface area contributed by atoms with Gasteiger partial charge in [0.15, 0.2) is 9.84 Å². The van der Waals surface area contributed by atoms with Crippen molar-refractivity contribution >= 4 is 15.8 Å². The van der Waals surface area contributed by atoms with Crippen LogP contribution in [0, 0.1) is 0 Å². The van der Waals surface area contributed by atoms with Gasteiger partial charge in [-0.15, -0.1) is 0 Å². The van der Waals surface area contributed by atoms with E-state index in [2.05, 4.69) is 15.7 Å². The molecule has 0 radical (unpaired) electrons. The molecule has 1 aliphatic carbocycles. The van der Waals surface area contributed by atoms with E-state index < -0.39 is 14.6 Å². The maximum Gasteiger partial charge on any atom is 0.205 e. The number of hydrogen-bond acceptors (Lipinski definition) is 4. The highest BCUT2D eigenvalue weighted by Gasteiger charge is 2.30. The number of hydrazine groups is 1. The Morgan fingerprint density at radius 1 is 1.50 bits per heavy atom. The summed E-state index contributed by atoms with van der Waals surface area (Å²) in [6, 6.07) is 0.427. The number of rotatable bonds is 4. The van der Waals surface area contributed by atoms with Gasteiger partial charge in [0.2, 0.25) is 5.96 Å². The van der Waals surface area contributed by atoms with E-state index in [0.29, 0.717) is 12.0 Å². The topological polar surface area (TPSA) is 96.6 Å². The third kappa shape index (κ3) is 3.64. The first-order valence-electron chi connectivity index (χ1n) is 5.23. The fraction of sp³-hybridized carbons (Fsp3) is 0.889. The Morgan fingerprint density at radius 3 is 2.44 bits per heavy atom. The highest BCUT2D eigenvalue weighted by Crippen LogP contribution is 2.19. The van der Waals surface area contributed by atoms with Gasteiger partial charge in [0.1, 0.15) is 0 Å². The Morgan fingerprint density at radius 2 is 2.06 bits per heavy atom. The zero-order valence-corrected chi connectivity index (χ0v) is 10.8. The molecule has 94 valence electrons. The molecule has 0 bridgehead atoms. The zero-order valence-electron chi connectivity index (χ0n) is 9.95. The summed E-state index contributed by atoms with van der Waals surface area (Å²) in [5.41, 5.74) is 2.44. The Balaban J connectivity index is 2.61. The van der Waals surface area contributed by atoms with Crippen LogP contribution in [0.3, 0.4) is 0 Å². The molecule has 0 aliphatic heterocycles. The minimum Gasteiger partial charge on any atom is -0.353 e. The number of guanidine groups is 1. The fourth-order valence-electron chi connectivity index (χ4n) is 0.941. The van der Waals surface area contributed by atoms with Gasteiger partial charge in [-0.05, 0) is 26.7 Å². The van der Waals surface area contributed by atoms with Crippen LogP contribution in [-0.2, 0) is 9.84 Å². The van der Waals surface area contributed by atoms with E-state index in [4.69, 9.17) is 5.84 Å². The zero-order chi connectivity index (χ0) is 12.4. The molecule has 1 fully saturated rings. The lowest BCUT2D eigenvalue weighted by molar-refractivity contribution is 0.554. The third-order valence-electron chi connectivity index (χ3n) is 2.68. The molecule has 0 aromatic carbocycles. The molecule has 1 aliphatic rings. The molecule has 1 rings (SSSR count). The van der Waals surface area contributed by atoms with Crippen molar-refractivity contribution in [2.24, 2.45) is 10.8 Å². The number of aliphatic imine (C=N–C) groups is 1. The summed E-state index contributed by atoms with van der Waals surface area (Å²) in [4.78, 5) is 4.15. The van der Waals surface area contributed by atoms with Crippen molar-refractivity contribution in [3.8, 4) is 0 Å². The summed E-state index contributed by atoms with van der Waals surface area (Å²) < 4.78 is 22.0. The van der Waals surface area contributed by atoms with Crippen LogP contribution in [0.25, 0.3) is 0 Å². The largest absolute Gasteiger partial charge is 0.353 e. The van der Waals surface area contributed by atoms with E-state index in [1.54, 1.807) is 13.8 Å². The van der Waals surface area contributed by atoms with Gasteiger partial charge in [-0.25, -0.2) is 14.3 Å². The molecular weight excluding hydrogens is 228 g/mol. The second-order valence-electron chi connectivity index (χ2n) is 4.76. The van der Waals surface area contributed by atoms with Crippen LogP contribution in [0.1, 0.15) is 26.7 Å². The van der Waals surface area contributed by atoms with Gasteiger partial charge in [-0.2, -0.15) is 0 Å². The molecular formula is C9H20N4O2S. The molecule has 7 heteroatoms. The number of hydrogen-bond donors (Lipinski definition) is 3. The lowest BCUT2D eigenvalue weighted by Crippen LogP contribution is -2.44. The minimum absolute atomic E-state index is 0.186. The summed E-state index contributed by atoms with van der Waals surface area (Å²) >= 11 is 0. The van der Waals surface area contributed by atoms with E-state index >= 15 is 0 Å². The van der Waals surface area contributed by atoms with Crippen molar-refractivity contribution < 1.29 is 8.42 Å². The Kier molecular flexibility index (Phi) is 3.80. The first-order valence-corrected chi connectivity index (χ1v) is 7.12. The van der Waals surface area contributed by atoms with Crippen LogP contribution < -0.4 is 16.6 Å². The van der Waals surface area contributed by atoms with Gasteiger partial charge in [0.05, 0.1) is 11.3 Å². The highest BCUT2D eigenvalue weighted by molar-refractivity contribution is 7.92. The smallest absolute Gasteiger partial charge is 0.205 e. The van der Waals surface area contributed by atoms with E-state index in [1.807, 2.05) is 0 Å². The highest BCUT2D eigenvalue weighted by atomic mass is 32.2. The number of nitrogens with one attached hydrogen (secondary N) is 2. The second-order valence-corrected chi connectivity index (χ2v) is 7.41. The standard InChI is InChI=1S/C9H20N4O2S/c1-9(2,16(3,14)15)6-11-8(13-10)12-7-4-5-7/h7H,4-6,10H2,1-3H3,(H2,11,12,13). The molecule has 6 nitrogen and oxygen atoms in total. The Hall–Kier alpha value is -0.820. The Labute approximate surface area is 96.6 Å². The van der Waals surface area contributed by atoms with Gasteiger partial charge in [0, 0.05) is 12.3 Å². The van der Waals surface area contributed by atoms with Crippen molar-refractivity contribution in [2.45, 2.75) is 37.5 Å². The lowest BCUT2D eigenvalue weighted by Gasteiger charge is -2.20. The van der Waals surface area contributed by atoms with Crippen molar-refractivity contribution in [1.29, 1.82) is 0 Å². The maximum absolute atomic E-state index is 11.4. The second kappa shape index (κ2) is 4.58. The summed E-state index contributed by atoms with van der Waals surface area (Å²) in [7, 11) is -3.12. The molecule has 0 spiro atoms. The molecule has 0 amide bonds. The van der Waals surface area contributed by atoms with E-state index in [9.17, 15) is 8.42 Å². The van der Waals surface area contributed by atoms with Gasteiger partial charge in [-0.1, -0.05) is 0 Å². The third-order valence-corrected chi connectivity index (χ3v) is 4.81. The van der Waals surface area contributed by atoms with Crippen LogP contribution in [0.15, 0.2) is 4.99 Å². The molecule has 0 atom stereocenters. The number of sulfone groups is 1. The van der Waals surface area contributed by atoms with E-state index in [-0.39, 0.29) is 6.54 Å². The SMILES string of the molecule is CC(C)(CN=C(NN)NC1CC1)S(C)(=O)=O. The van der Waals surface area contributed by atoms with Crippen LogP contribution in [-0.4, -0.2) is 38.0 Å². The summed E-state index contributed by atoms with van der Waals surface area (Å²) in [6.07, 6.45) is 3.43. The van der Waals surface area contributed by atoms with Gasteiger partial charge >= 0.3 is 0 Å². The predicted molar refractivity (Wildman–Crippen MR) is 64.7 cm³/mol. The quantitative estimate of drug-likeness (QED) is 0.267. The molecule has 0 aromatic rings. The molecule has 16 heavy (non-hydrogen) atoms. The van der Waals surface area contributed by atoms with Crippen LogP contribution in [0.2, 0.25) is 0 Å². The first-order chi connectivity index (χ1) is 7.26. The summed E-state index contributed by atoms with van der Waals surface area (Å²) in [5, 5.41) is 3.08. The van der Waals surface area contributed by atoms with E-state index in [0.717, 1.165) is 12.8 Å². The average molecular weight is 248 g/mol. The van der Waals surface area contributed by atoms with Crippen molar-refractivity contribution in [3.63, 3.8) is 0 Å². The summed E-state index contributed by atoms with van der Waals surface area (Å²) in [6.45, 7) is 3.49. The van der Waals surface area contributed by atoms with Gasteiger partial charge in [0.25, 0.3) is 0 Å². The number of nitrogens with two attached hydrogens (primary N) is 1. The molecule has 0 unspecified atom stereocenters. The molecule has 0 aromatic heterocycles. The van der Waals surface area contributed by atoms with Crippen molar-refractivity contribution in [3.05, 3.63) is 0 Å². The first kappa shape index (κ1) is 13.2. The lowest BCUT2D eigenvalue weighted by atomic mass is 10.2. The predicted octanol–water partition coefficient (Wildman–Crippen LogP) is -0.619. The van der Waals surface area contributed by atoms with Crippen molar-refractivity contribution in [1.82, 2.24) is 10.7 Å².